The van der Waals surface area contributed by atoms with Crippen LogP contribution in [0.15, 0.2) is 28.0 Å². The molecule has 2 rings (SSSR count). The summed E-state index contributed by atoms with van der Waals surface area (Å²) >= 11 is 0. The average Bonchev–Trinajstić information content (AvgIpc) is 3.12. The molecule has 1 aromatic carbocycles. The van der Waals surface area contributed by atoms with Gasteiger partial charge in [0.05, 0.1) is 10.6 Å². The zero-order valence-corrected chi connectivity index (χ0v) is 13.0. The van der Waals surface area contributed by atoms with E-state index in [4.69, 9.17) is 5.73 Å². The van der Waals surface area contributed by atoms with Crippen LogP contribution >= 0.6 is 0 Å². The number of hydrogen-bond acceptors (Lipinski definition) is 5. The number of sulfonamides is 1. The van der Waals surface area contributed by atoms with Crippen molar-refractivity contribution in [2.45, 2.75) is 35.6 Å². The van der Waals surface area contributed by atoms with E-state index < -0.39 is 19.9 Å². The van der Waals surface area contributed by atoms with Gasteiger partial charge in [-0.05, 0) is 31.0 Å². The molecule has 20 heavy (non-hydrogen) atoms. The van der Waals surface area contributed by atoms with E-state index in [1.165, 1.54) is 16.4 Å². The highest BCUT2D eigenvalue weighted by Gasteiger charge is 2.38. The Balaban J connectivity index is 2.56. The van der Waals surface area contributed by atoms with Crippen LogP contribution in [-0.2, 0) is 19.9 Å². The van der Waals surface area contributed by atoms with Gasteiger partial charge in [-0.2, -0.15) is 4.31 Å². The van der Waals surface area contributed by atoms with Crippen LogP contribution in [0.2, 0.25) is 0 Å². The molecule has 0 aliphatic heterocycles. The van der Waals surface area contributed by atoms with E-state index in [-0.39, 0.29) is 21.5 Å². The third-order valence-corrected chi connectivity index (χ3v) is 6.46. The van der Waals surface area contributed by atoms with E-state index in [0.717, 1.165) is 25.2 Å². The fraction of sp³-hybridized carbons (Fsp3) is 0.500. The highest BCUT2D eigenvalue weighted by Crippen LogP contribution is 2.34. The van der Waals surface area contributed by atoms with Crippen molar-refractivity contribution in [2.24, 2.45) is 0 Å². The minimum Gasteiger partial charge on any atom is -0.398 e. The molecule has 0 heterocycles. The Kier molecular flexibility index (Phi) is 3.83. The molecule has 0 radical (unpaired) electrons. The molecular weight excluding hydrogens is 300 g/mol. The first-order valence-electron chi connectivity index (χ1n) is 6.29. The second kappa shape index (κ2) is 5.01. The highest BCUT2D eigenvalue weighted by atomic mass is 32.2. The molecule has 0 saturated heterocycles. The van der Waals surface area contributed by atoms with Crippen LogP contribution in [0.5, 0.6) is 0 Å². The van der Waals surface area contributed by atoms with Crippen LogP contribution < -0.4 is 5.73 Å². The Morgan fingerprint density at radius 1 is 1.25 bits per heavy atom. The van der Waals surface area contributed by atoms with E-state index in [9.17, 15) is 16.8 Å². The van der Waals surface area contributed by atoms with Gasteiger partial charge in [0.25, 0.3) is 0 Å². The number of nitrogen functional groups attached to an aromatic ring is 1. The number of hydrogen-bond donors (Lipinski definition) is 1. The quantitative estimate of drug-likeness (QED) is 0.812. The lowest BCUT2D eigenvalue weighted by atomic mass is 10.3. The molecular formula is C12H18N2O4S2. The molecule has 0 amide bonds. The zero-order valence-electron chi connectivity index (χ0n) is 11.4. The molecule has 2 N–H and O–H groups in total. The van der Waals surface area contributed by atoms with Gasteiger partial charge in [0, 0.05) is 18.8 Å². The third kappa shape index (κ3) is 2.82. The molecule has 112 valence electrons. The van der Waals surface area contributed by atoms with Gasteiger partial charge < -0.3 is 5.73 Å². The molecule has 0 atom stereocenters. The SMILES string of the molecule is CCN(C1CC1)S(=O)(=O)c1cc(S(C)(=O)=O)ccc1N. The fourth-order valence-corrected chi connectivity index (χ4v) is 4.64. The standard InChI is InChI=1S/C12H18N2O4S2/c1-3-14(9-4-5-9)20(17,18)12-8-10(19(2,15)16)6-7-11(12)13/h6-9H,3-5,13H2,1-2H3. The molecule has 1 aromatic rings. The summed E-state index contributed by atoms with van der Waals surface area (Å²) in [5.74, 6) is 0. The number of nitrogens with two attached hydrogens (primary N) is 1. The maximum atomic E-state index is 12.6. The Hall–Kier alpha value is -1.12. The van der Waals surface area contributed by atoms with Crippen molar-refractivity contribution in [3.8, 4) is 0 Å². The smallest absolute Gasteiger partial charge is 0.245 e. The molecule has 0 spiro atoms. The van der Waals surface area contributed by atoms with Gasteiger partial charge in [0.2, 0.25) is 10.0 Å². The van der Waals surface area contributed by atoms with Crippen molar-refractivity contribution >= 4 is 25.5 Å². The summed E-state index contributed by atoms with van der Waals surface area (Å²) in [4.78, 5) is -0.175. The summed E-state index contributed by atoms with van der Waals surface area (Å²) in [6.07, 6.45) is 2.70. The van der Waals surface area contributed by atoms with E-state index >= 15 is 0 Å². The summed E-state index contributed by atoms with van der Waals surface area (Å²) in [7, 11) is -7.24. The van der Waals surface area contributed by atoms with E-state index in [2.05, 4.69) is 0 Å². The number of rotatable bonds is 5. The maximum absolute atomic E-state index is 12.6. The number of nitrogens with zero attached hydrogens (tertiary/aromatic N) is 1. The van der Waals surface area contributed by atoms with Crippen LogP contribution in [0, 0.1) is 0 Å². The average molecular weight is 318 g/mol. The topological polar surface area (TPSA) is 97.5 Å². The molecule has 1 aliphatic carbocycles. The minimum atomic E-state index is -3.76. The highest BCUT2D eigenvalue weighted by molar-refractivity contribution is 7.91. The Bertz CT molecular complexity index is 722. The van der Waals surface area contributed by atoms with Gasteiger partial charge in [-0.3, -0.25) is 0 Å². The predicted octanol–water partition coefficient (Wildman–Crippen LogP) is 0.845. The lowest BCUT2D eigenvalue weighted by molar-refractivity contribution is 0.421. The van der Waals surface area contributed by atoms with E-state index in [1.54, 1.807) is 6.92 Å². The summed E-state index contributed by atoms with van der Waals surface area (Å²) in [6.45, 7) is 2.10. The van der Waals surface area contributed by atoms with Crippen LogP contribution in [0.4, 0.5) is 5.69 Å². The van der Waals surface area contributed by atoms with Crippen LogP contribution in [-0.4, -0.2) is 40.0 Å². The van der Waals surface area contributed by atoms with Crippen LogP contribution in [0.3, 0.4) is 0 Å². The molecule has 8 heteroatoms. The second-order valence-electron chi connectivity index (χ2n) is 4.91. The Morgan fingerprint density at radius 2 is 1.85 bits per heavy atom. The lowest BCUT2D eigenvalue weighted by Gasteiger charge is -2.21. The van der Waals surface area contributed by atoms with Crippen molar-refractivity contribution in [1.29, 1.82) is 0 Å². The number of benzene rings is 1. The number of anilines is 1. The molecule has 6 nitrogen and oxygen atoms in total. The summed E-state index contributed by atoms with van der Waals surface area (Å²) in [5, 5.41) is 0. The van der Waals surface area contributed by atoms with Gasteiger partial charge in [-0.1, -0.05) is 6.92 Å². The van der Waals surface area contributed by atoms with Crippen LogP contribution in [0.1, 0.15) is 19.8 Å². The normalized spacial score (nSPS) is 16.6. The van der Waals surface area contributed by atoms with Crippen molar-refractivity contribution in [1.82, 2.24) is 4.31 Å². The van der Waals surface area contributed by atoms with Gasteiger partial charge in [0.1, 0.15) is 4.90 Å². The summed E-state index contributed by atoms with van der Waals surface area (Å²) < 4.78 is 49.7. The molecule has 0 aromatic heterocycles. The largest absolute Gasteiger partial charge is 0.398 e. The van der Waals surface area contributed by atoms with E-state index in [0.29, 0.717) is 6.54 Å². The molecule has 0 unspecified atom stereocenters. The molecule has 0 bridgehead atoms. The van der Waals surface area contributed by atoms with Gasteiger partial charge >= 0.3 is 0 Å². The first kappa shape index (κ1) is 15.3. The second-order valence-corrected chi connectivity index (χ2v) is 8.79. The first-order chi connectivity index (χ1) is 9.17. The third-order valence-electron chi connectivity index (χ3n) is 3.27. The van der Waals surface area contributed by atoms with Gasteiger partial charge in [0.15, 0.2) is 9.84 Å². The van der Waals surface area contributed by atoms with Crippen molar-refractivity contribution in [3.05, 3.63) is 18.2 Å². The minimum absolute atomic E-state index is 0.00582. The van der Waals surface area contributed by atoms with Crippen LogP contribution in [0.25, 0.3) is 0 Å². The zero-order chi connectivity index (χ0) is 15.1. The van der Waals surface area contributed by atoms with E-state index in [1.807, 2.05) is 0 Å². The van der Waals surface area contributed by atoms with Crippen molar-refractivity contribution in [2.75, 3.05) is 18.5 Å². The fourth-order valence-electron chi connectivity index (χ4n) is 2.08. The number of sulfone groups is 1. The van der Waals surface area contributed by atoms with Gasteiger partial charge in [-0.15, -0.1) is 0 Å². The van der Waals surface area contributed by atoms with Crippen molar-refractivity contribution < 1.29 is 16.8 Å². The Labute approximate surface area is 119 Å². The monoisotopic (exact) mass is 318 g/mol. The summed E-state index contributed by atoms with van der Waals surface area (Å²) in [6, 6.07) is 3.79. The van der Waals surface area contributed by atoms with Gasteiger partial charge in [-0.25, -0.2) is 16.8 Å². The lowest BCUT2D eigenvalue weighted by Crippen LogP contribution is -2.33. The molecule has 1 fully saturated rings. The van der Waals surface area contributed by atoms with Crippen molar-refractivity contribution in [3.63, 3.8) is 0 Å². The summed E-state index contributed by atoms with van der Waals surface area (Å²) in [5.41, 5.74) is 5.80. The molecule has 1 saturated carbocycles. The predicted molar refractivity (Wildman–Crippen MR) is 76.6 cm³/mol. The first-order valence-corrected chi connectivity index (χ1v) is 9.62. The maximum Gasteiger partial charge on any atom is 0.245 e. The molecule has 1 aliphatic rings. The Morgan fingerprint density at radius 3 is 2.30 bits per heavy atom.